The number of nitrogens with one attached hydrogen (secondary N) is 1. The minimum atomic E-state index is -0.243. The number of carbonyl (C=O) groups excluding carboxylic acids is 1. The van der Waals surface area contributed by atoms with E-state index in [2.05, 4.69) is 15.4 Å². The summed E-state index contributed by atoms with van der Waals surface area (Å²) in [6.45, 7) is 4.75. The minimum absolute atomic E-state index is 0.243. The van der Waals surface area contributed by atoms with E-state index < -0.39 is 0 Å². The first kappa shape index (κ1) is 23.0. The maximum Gasteiger partial charge on any atom is 0.271 e. The van der Waals surface area contributed by atoms with Gasteiger partial charge in [0.25, 0.3) is 5.91 Å². The Morgan fingerprint density at radius 2 is 1.64 bits per heavy atom. The standard InChI is InChI=1S/C26H26ClN3O3/c27-24-9-3-22(4-10-24)19-33-25-11-5-20(6-12-25)17-28-29-26(31)23-7-1-21(2-8-23)18-30-13-15-32-16-14-30/h1-12,17H,13-16,18-19H2,(H,29,31)/b28-17-. The van der Waals surface area contributed by atoms with E-state index in [1.165, 1.54) is 5.56 Å². The van der Waals surface area contributed by atoms with Crippen LogP contribution in [0, 0.1) is 0 Å². The molecule has 3 aromatic carbocycles. The molecule has 0 aliphatic carbocycles. The molecule has 1 saturated heterocycles. The molecule has 0 aromatic heterocycles. The topological polar surface area (TPSA) is 63.2 Å². The Labute approximate surface area is 198 Å². The van der Waals surface area contributed by atoms with Crippen LogP contribution in [0.3, 0.4) is 0 Å². The molecule has 0 saturated carbocycles. The highest BCUT2D eigenvalue weighted by Crippen LogP contribution is 2.15. The lowest BCUT2D eigenvalue weighted by Crippen LogP contribution is -2.35. The summed E-state index contributed by atoms with van der Waals surface area (Å²) < 4.78 is 11.2. The van der Waals surface area contributed by atoms with Gasteiger partial charge in [-0.25, -0.2) is 5.43 Å². The van der Waals surface area contributed by atoms with Crippen molar-refractivity contribution in [3.05, 3.63) is 100 Å². The highest BCUT2D eigenvalue weighted by atomic mass is 35.5. The molecule has 33 heavy (non-hydrogen) atoms. The molecular formula is C26H26ClN3O3. The zero-order valence-corrected chi connectivity index (χ0v) is 19.0. The Bertz CT molecular complexity index is 1060. The number of nitrogens with zero attached hydrogens (tertiary/aromatic N) is 2. The van der Waals surface area contributed by atoms with Gasteiger partial charge in [-0.3, -0.25) is 9.69 Å². The summed E-state index contributed by atoms with van der Waals surface area (Å²) in [5.41, 5.74) is 6.22. The van der Waals surface area contributed by atoms with E-state index in [0.29, 0.717) is 17.2 Å². The molecule has 4 rings (SSSR count). The first-order valence-corrected chi connectivity index (χ1v) is 11.2. The van der Waals surface area contributed by atoms with Crippen LogP contribution in [0.2, 0.25) is 5.02 Å². The number of ether oxygens (including phenoxy) is 2. The van der Waals surface area contributed by atoms with Crippen molar-refractivity contribution >= 4 is 23.7 Å². The van der Waals surface area contributed by atoms with Gasteiger partial charge in [0, 0.05) is 30.2 Å². The first-order valence-electron chi connectivity index (χ1n) is 10.9. The van der Waals surface area contributed by atoms with Gasteiger partial charge in [0.15, 0.2) is 0 Å². The molecular weight excluding hydrogens is 438 g/mol. The van der Waals surface area contributed by atoms with Crippen LogP contribution < -0.4 is 10.2 Å². The third-order valence-electron chi connectivity index (χ3n) is 5.30. The molecule has 0 atom stereocenters. The lowest BCUT2D eigenvalue weighted by atomic mass is 10.1. The number of hydrazone groups is 1. The Morgan fingerprint density at radius 1 is 0.970 bits per heavy atom. The van der Waals surface area contributed by atoms with Gasteiger partial charge >= 0.3 is 0 Å². The van der Waals surface area contributed by atoms with Gasteiger partial charge in [0.2, 0.25) is 0 Å². The summed E-state index contributed by atoms with van der Waals surface area (Å²) in [4.78, 5) is 14.7. The summed E-state index contributed by atoms with van der Waals surface area (Å²) in [7, 11) is 0. The Balaban J connectivity index is 1.23. The van der Waals surface area contributed by atoms with E-state index in [-0.39, 0.29) is 5.91 Å². The fraction of sp³-hybridized carbons (Fsp3) is 0.231. The van der Waals surface area contributed by atoms with Gasteiger partial charge in [0.1, 0.15) is 12.4 Å². The van der Waals surface area contributed by atoms with E-state index in [9.17, 15) is 4.79 Å². The summed E-state index contributed by atoms with van der Waals surface area (Å²) in [5.74, 6) is 0.510. The highest BCUT2D eigenvalue weighted by molar-refractivity contribution is 6.30. The smallest absolute Gasteiger partial charge is 0.271 e. The van der Waals surface area contributed by atoms with Crippen LogP contribution in [0.4, 0.5) is 0 Å². The number of benzene rings is 3. The van der Waals surface area contributed by atoms with Gasteiger partial charge in [-0.1, -0.05) is 35.9 Å². The maximum atomic E-state index is 12.4. The van der Waals surface area contributed by atoms with Crippen molar-refractivity contribution in [3.63, 3.8) is 0 Å². The largest absolute Gasteiger partial charge is 0.489 e. The molecule has 1 aliphatic rings. The summed E-state index contributed by atoms with van der Waals surface area (Å²) in [6.07, 6.45) is 1.60. The molecule has 3 aromatic rings. The maximum absolute atomic E-state index is 12.4. The number of rotatable bonds is 8. The van der Waals surface area contributed by atoms with Crippen molar-refractivity contribution in [2.75, 3.05) is 26.3 Å². The van der Waals surface area contributed by atoms with Crippen LogP contribution in [0.1, 0.15) is 27.0 Å². The fourth-order valence-corrected chi connectivity index (χ4v) is 3.53. The van der Waals surface area contributed by atoms with Crippen LogP contribution in [0.25, 0.3) is 0 Å². The highest BCUT2D eigenvalue weighted by Gasteiger charge is 2.11. The number of hydrogen-bond donors (Lipinski definition) is 1. The minimum Gasteiger partial charge on any atom is -0.489 e. The monoisotopic (exact) mass is 463 g/mol. The first-order chi connectivity index (χ1) is 16.2. The molecule has 0 bridgehead atoms. The summed E-state index contributed by atoms with van der Waals surface area (Å²) >= 11 is 5.90. The quantitative estimate of drug-likeness (QED) is 0.394. The molecule has 7 heteroatoms. The Morgan fingerprint density at radius 3 is 2.33 bits per heavy atom. The third-order valence-corrected chi connectivity index (χ3v) is 5.56. The lowest BCUT2D eigenvalue weighted by Gasteiger charge is -2.26. The molecule has 1 fully saturated rings. The van der Waals surface area contributed by atoms with Gasteiger partial charge in [-0.2, -0.15) is 5.10 Å². The second-order valence-electron chi connectivity index (χ2n) is 7.77. The van der Waals surface area contributed by atoms with Crippen LogP contribution in [0.15, 0.2) is 77.9 Å². The summed E-state index contributed by atoms with van der Waals surface area (Å²) in [6, 6.07) is 22.7. The molecule has 0 radical (unpaired) electrons. The van der Waals surface area contributed by atoms with Crippen molar-refractivity contribution in [1.82, 2.24) is 10.3 Å². The van der Waals surface area contributed by atoms with E-state index in [0.717, 1.165) is 49.7 Å². The van der Waals surface area contributed by atoms with Gasteiger partial charge in [-0.05, 0) is 65.2 Å². The zero-order valence-electron chi connectivity index (χ0n) is 18.2. The summed E-state index contributed by atoms with van der Waals surface area (Å²) in [5, 5.41) is 4.77. The number of halogens is 1. The number of amides is 1. The van der Waals surface area contributed by atoms with Crippen LogP contribution in [0.5, 0.6) is 5.75 Å². The molecule has 170 valence electrons. The van der Waals surface area contributed by atoms with Crippen molar-refractivity contribution < 1.29 is 14.3 Å². The van der Waals surface area contributed by atoms with Gasteiger partial charge in [-0.15, -0.1) is 0 Å². The second kappa shape index (κ2) is 11.6. The van der Waals surface area contributed by atoms with Crippen LogP contribution >= 0.6 is 11.6 Å². The Kier molecular flexibility index (Phi) is 8.09. The predicted octanol–water partition coefficient (Wildman–Crippen LogP) is 4.52. The van der Waals surface area contributed by atoms with Crippen molar-refractivity contribution in [2.24, 2.45) is 5.10 Å². The molecule has 0 unspecified atom stereocenters. The van der Waals surface area contributed by atoms with Crippen LogP contribution in [-0.4, -0.2) is 43.3 Å². The molecule has 1 amide bonds. The number of morpholine rings is 1. The third kappa shape index (κ3) is 7.15. The van der Waals surface area contributed by atoms with E-state index >= 15 is 0 Å². The van der Waals surface area contributed by atoms with E-state index in [1.54, 1.807) is 6.21 Å². The van der Waals surface area contributed by atoms with Gasteiger partial charge < -0.3 is 9.47 Å². The van der Waals surface area contributed by atoms with E-state index in [1.807, 2.05) is 72.8 Å². The molecule has 0 spiro atoms. The molecule has 1 heterocycles. The SMILES string of the molecule is O=C(N/N=C\c1ccc(OCc2ccc(Cl)cc2)cc1)c1ccc(CN2CCOCC2)cc1. The average molecular weight is 464 g/mol. The fourth-order valence-electron chi connectivity index (χ4n) is 3.41. The molecule has 1 N–H and O–H groups in total. The van der Waals surface area contributed by atoms with Crippen molar-refractivity contribution in [3.8, 4) is 5.75 Å². The number of carbonyl (C=O) groups is 1. The average Bonchev–Trinajstić information content (AvgIpc) is 2.85. The van der Waals surface area contributed by atoms with Crippen LogP contribution in [-0.2, 0) is 17.9 Å². The van der Waals surface area contributed by atoms with E-state index in [4.69, 9.17) is 21.1 Å². The van der Waals surface area contributed by atoms with Crippen molar-refractivity contribution in [1.29, 1.82) is 0 Å². The molecule has 6 nitrogen and oxygen atoms in total. The normalized spacial score (nSPS) is 14.3. The Hall–Kier alpha value is -3.19. The van der Waals surface area contributed by atoms with Crippen molar-refractivity contribution in [2.45, 2.75) is 13.2 Å². The number of hydrogen-bond acceptors (Lipinski definition) is 5. The lowest BCUT2D eigenvalue weighted by molar-refractivity contribution is 0.0342. The molecule has 1 aliphatic heterocycles. The predicted molar refractivity (Wildman–Crippen MR) is 130 cm³/mol. The zero-order chi connectivity index (χ0) is 22.9. The van der Waals surface area contributed by atoms with Gasteiger partial charge in [0.05, 0.1) is 19.4 Å². The second-order valence-corrected chi connectivity index (χ2v) is 8.21.